The van der Waals surface area contributed by atoms with Crippen molar-refractivity contribution in [3.63, 3.8) is 0 Å². The Hall–Kier alpha value is -1.30. The van der Waals surface area contributed by atoms with Crippen LogP contribution in [0.2, 0.25) is 5.02 Å². The van der Waals surface area contributed by atoms with Crippen LogP contribution >= 0.6 is 11.6 Å². The number of hydrogen-bond donors (Lipinski definition) is 2. The highest BCUT2D eigenvalue weighted by atomic mass is 35.5. The fraction of sp³-hybridized carbons (Fsp3) is 0.500. The van der Waals surface area contributed by atoms with Gasteiger partial charge in [-0.2, -0.15) is 0 Å². The van der Waals surface area contributed by atoms with Crippen molar-refractivity contribution in [3.05, 3.63) is 23.2 Å². The van der Waals surface area contributed by atoms with Crippen molar-refractivity contribution >= 4 is 23.2 Å². The van der Waals surface area contributed by atoms with E-state index >= 15 is 0 Å². The summed E-state index contributed by atoms with van der Waals surface area (Å²) in [6, 6.07) is 4.84. The third kappa shape index (κ3) is 2.90. The quantitative estimate of drug-likeness (QED) is 0.892. The first-order chi connectivity index (χ1) is 9.47. The molecule has 5 nitrogen and oxygen atoms in total. The summed E-state index contributed by atoms with van der Waals surface area (Å²) < 4.78 is 10.6. The summed E-state index contributed by atoms with van der Waals surface area (Å²) in [5.74, 6) is 0.432. The molecule has 6 heteroatoms. The Morgan fingerprint density at radius 2 is 2.40 bits per heavy atom. The van der Waals surface area contributed by atoms with Crippen LogP contribution in [-0.4, -0.2) is 31.8 Å². The first-order valence-corrected chi connectivity index (χ1v) is 6.92. The molecule has 3 N–H and O–H groups in total. The van der Waals surface area contributed by atoms with E-state index < -0.39 is 5.41 Å². The van der Waals surface area contributed by atoms with Gasteiger partial charge in [-0.25, -0.2) is 0 Å². The van der Waals surface area contributed by atoms with Crippen LogP contribution in [0.15, 0.2) is 18.2 Å². The Balaban J connectivity index is 2.10. The molecule has 1 aromatic rings. The number of carbonyl (C=O) groups excluding carboxylic acids is 1. The minimum absolute atomic E-state index is 0.164. The third-order valence-electron chi connectivity index (χ3n) is 3.53. The van der Waals surface area contributed by atoms with E-state index in [1.54, 1.807) is 25.1 Å². The first kappa shape index (κ1) is 15.1. The topological polar surface area (TPSA) is 73.6 Å². The highest BCUT2D eigenvalue weighted by Gasteiger charge is 2.44. The molecule has 1 saturated heterocycles. The van der Waals surface area contributed by atoms with Crippen LogP contribution in [-0.2, 0) is 9.53 Å². The fourth-order valence-electron chi connectivity index (χ4n) is 2.05. The van der Waals surface area contributed by atoms with Crippen molar-refractivity contribution < 1.29 is 14.3 Å². The Morgan fingerprint density at radius 1 is 1.65 bits per heavy atom. The van der Waals surface area contributed by atoms with Gasteiger partial charge in [0.2, 0.25) is 5.91 Å². The smallest absolute Gasteiger partial charge is 0.234 e. The predicted octanol–water partition coefficient (Wildman–Crippen LogP) is 2.04. The average molecular weight is 299 g/mol. The van der Waals surface area contributed by atoms with Crippen molar-refractivity contribution in [3.8, 4) is 5.75 Å². The molecule has 1 fully saturated rings. The number of hydrogen-bond acceptors (Lipinski definition) is 4. The summed E-state index contributed by atoms with van der Waals surface area (Å²) in [7, 11) is 0. The van der Waals surface area contributed by atoms with Crippen LogP contribution in [0.3, 0.4) is 0 Å². The number of anilines is 1. The maximum atomic E-state index is 12.3. The van der Waals surface area contributed by atoms with Crippen LogP contribution in [0.25, 0.3) is 0 Å². The van der Waals surface area contributed by atoms with Crippen LogP contribution in [0.5, 0.6) is 5.75 Å². The highest BCUT2D eigenvalue weighted by Crippen LogP contribution is 2.31. The lowest BCUT2D eigenvalue weighted by Crippen LogP contribution is -2.47. The lowest BCUT2D eigenvalue weighted by molar-refractivity contribution is -0.125. The van der Waals surface area contributed by atoms with Gasteiger partial charge in [0.15, 0.2) is 0 Å². The zero-order chi connectivity index (χ0) is 14.8. The SMILES string of the molecule is CCOc1ccc(NC(=O)C2(C)COCC2N)cc1Cl. The fourth-order valence-corrected chi connectivity index (χ4v) is 2.28. The number of rotatable bonds is 4. The van der Waals surface area contributed by atoms with E-state index in [1.807, 2.05) is 6.92 Å². The molecule has 0 saturated carbocycles. The molecule has 0 bridgehead atoms. The molecule has 0 radical (unpaired) electrons. The Labute approximate surface area is 123 Å². The molecule has 1 aliphatic rings. The van der Waals surface area contributed by atoms with Gasteiger partial charge in [-0.15, -0.1) is 0 Å². The standard InChI is InChI=1S/C14H19ClN2O3/c1-3-20-11-5-4-9(6-10(11)15)17-13(18)14(2)8-19-7-12(14)16/h4-6,12H,3,7-8,16H2,1-2H3,(H,17,18). The molecular weight excluding hydrogens is 280 g/mol. The summed E-state index contributed by atoms with van der Waals surface area (Å²) in [5, 5.41) is 3.29. The molecule has 1 aliphatic heterocycles. The molecule has 0 aliphatic carbocycles. The largest absolute Gasteiger partial charge is 0.492 e. The number of carbonyl (C=O) groups is 1. The second-order valence-corrected chi connectivity index (χ2v) is 5.48. The molecule has 110 valence electrons. The van der Waals surface area contributed by atoms with Gasteiger partial charge in [-0.3, -0.25) is 4.79 Å². The van der Waals surface area contributed by atoms with E-state index in [4.69, 9.17) is 26.8 Å². The molecule has 2 atom stereocenters. The Kier molecular flexibility index (Phi) is 4.52. The maximum Gasteiger partial charge on any atom is 0.234 e. The maximum absolute atomic E-state index is 12.3. The van der Waals surface area contributed by atoms with E-state index in [0.717, 1.165) is 0 Å². The van der Waals surface area contributed by atoms with Crippen molar-refractivity contribution in [1.29, 1.82) is 0 Å². The summed E-state index contributed by atoms with van der Waals surface area (Å²) in [6.45, 7) is 4.94. The van der Waals surface area contributed by atoms with Crippen LogP contribution in [0.1, 0.15) is 13.8 Å². The molecule has 1 aromatic carbocycles. The van der Waals surface area contributed by atoms with Crippen molar-refractivity contribution in [1.82, 2.24) is 0 Å². The molecule has 2 rings (SSSR count). The highest BCUT2D eigenvalue weighted by molar-refractivity contribution is 6.32. The first-order valence-electron chi connectivity index (χ1n) is 6.54. The molecule has 2 unspecified atom stereocenters. The number of amides is 1. The van der Waals surface area contributed by atoms with Gasteiger partial charge in [-0.05, 0) is 32.0 Å². The van der Waals surface area contributed by atoms with Crippen LogP contribution in [0, 0.1) is 5.41 Å². The zero-order valence-electron chi connectivity index (χ0n) is 11.6. The number of benzene rings is 1. The monoisotopic (exact) mass is 298 g/mol. The lowest BCUT2D eigenvalue weighted by atomic mass is 9.85. The molecular formula is C14H19ClN2O3. The molecule has 1 amide bonds. The Morgan fingerprint density at radius 3 is 2.95 bits per heavy atom. The van der Waals surface area contributed by atoms with Crippen molar-refractivity contribution in [2.45, 2.75) is 19.9 Å². The normalized spacial score (nSPS) is 25.5. The second kappa shape index (κ2) is 5.99. The van der Waals surface area contributed by atoms with E-state index in [2.05, 4.69) is 5.32 Å². The molecule has 20 heavy (non-hydrogen) atoms. The number of ether oxygens (including phenoxy) is 2. The number of halogens is 1. The van der Waals surface area contributed by atoms with E-state index in [-0.39, 0.29) is 11.9 Å². The number of nitrogens with one attached hydrogen (secondary N) is 1. The van der Waals surface area contributed by atoms with Gasteiger partial charge in [0.05, 0.1) is 30.3 Å². The lowest BCUT2D eigenvalue weighted by Gasteiger charge is -2.25. The van der Waals surface area contributed by atoms with Gasteiger partial charge < -0.3 is 20.5 Å². The van der Waals surface area contributed by atoms with E-state index in [0.29, 0.717) is 36.3 Å². The van der Waals surface area contributed by atoms with E-state index in [1.165, 1.54) is 0 Å². The third-order valence-corrected chi connectivity index (χ3v) is 3.82. The molecule has 0 spiro atoms. The minimum Gasteiger partial charge on any atom is -0.492 e. The van der Waals surface area contributed by atoms with Crippen LogP contribution in [0.4, 0.5) is 5.69 Å². The van der Waals surface area contributed by atoms with Crippen molar-refractivity contribution in [2.24, 2.45) is 11.1 Å². The van der Waals surface area contributed by atoms with Gasteiger partial charge >= 0.3 is 0 Å². The number of nitrogens with two attached hydrogens (primary N) is 1. The van der Waals surface area contributed by atoms with Gasteiger partial charge in [-0.1, -0.05) is 11.6 Å². The molecule has 0 aromatic heterocycles. The summed E-state index contributed by atoms with van der Waals surface area (Å²) in [5.41, 5.74) is 5.83. The Bertz CT molecular complexity index is 509. The van der Waals surface area contributed by atoms with E-state index in [9.17, 15) is 4.79 Å². The average Bonchev–Trinajstić information content (AvgIpc) is 2.74. The van der Waals surface area contributed by atoms with Crippen LogP contribution < -0.4 is 15.8 Å². The van der Waals surface area contributed by atoms with Gasteiger partial charge in [0.1, 0.15) is 5.75 Å². The second-order valence-electron chi connectivity index (χ2n) is 5.07. The summed E-state index contributed by atoms with van der Waals surface area (Å²) in [6.07, 6.45) is 0. The predicted molar refractivity (Wildman–Crippen MR) is 78.2 cm³/mol. The summed E-state index contributed by atoms with van der Waals surface area (Å²) in [4.78, 5) is 12.3. The molecule has 1 heterocycles. The van der Waals surface area contributed by atoms with Gasteiger partial charge in [0.25, 0.3) is 0 Å². The van der Waals surface area contributed by atoms with Crippen molar-refractivity contribution in [2.75, 3.05) is 25.1 Å². The summed E-state index contributed by atoms with van der Waals surface area (Å²) >= 11 is 6.09. The minimum atomic E-state index is -0.717. The zero-order valence-corrected chi connectivity index (χ0v) is 12.4. The van der Waals surface area contributed by atoms with Gasteiger partial charge in [0, 0.05) is 11.7 Å².